The van der Waals surface area contributed by atoms with Gasteiger partial charge in [0.15, 0.2) is 0 Å². The Morgan fingerprint density at radius 3 is 2.60 bits per heavy atom. The third kappa shape index (κ3) is 5.82. The number of pyridine rings is 1. The second kappa shape index (κ2) is 11.4. The third-order valence-electron chi connectivity index (χ3n) is 6.57. The van der Waals surface area contributed by atoms with Gasteiger partial charge in [-0.2, -0.15) is 0 Å². The maximum Gasteiger partial charge on any atom is 0.257 e. The molecule has 4 rings (SSSR count). The molecule has 1 aliphatic rings. The van der Waals surface area contributed by atoms with Crippen molar-refractivity contribution in [2.75, 3.05) is 45.8 Å². The van der Waals surface area contributed by atoms with Crippen molar-refractivity contribution >= 4 is 17.5 Å². The number of carbonyl (C=O) groups excluding carboxylic acids is 2. The van der Waals surface area contributed by atoms with Crippen LogP contribution in [0.3, 0.4) is 0 Å². The predicted octanol–water partition coefficient (Wildman–Crippen LogP) is 3.24. The lowest BCUT2D eigenvalue weighted by atomic mass is 10.1. The summed E-state index contributed by atoms with van der Waals surface area (Å²) in [6.07, 6.45) is 4.76. The van der Waals surface area contributed by atoms with Gasteiger partial charge in [0.2, 0.25) is 5.91 Å². The molecule has 1 fully saturated rings. The number of amides is 2. The zero-order valence-corrected chi connectivity index (χ0v) is 20.9. The number of carbonyl (C=O) groups is 2. The van der Waals surface area contributed by atoms with E-state index in [1.165, 1.54) is 0 Å². The van der Waals surface area contributed by atoms with Gasteiger partial charge in [-0.25, -0.2) is 4.98 Å². The van der Waals surface area contributed by atoms with Crippen LogP contribution >= 0.6 is 0 Å². The summed E-state index contributed by atoms with van der Waals surface area (Å²) in [7, 11) is 0. The average molecular weight is 478 g/mol. The summed E-state index contributed by atoms with van der Waals surface area (Å²) in [6.45, 7) is 10.9. The fourth-order valence-corrected chi connectivity index (χ4v) is 4.56. The van der Waals surface area contributed by atoms with Crippen LogP contribution in [0.2, 0.25) is 0 Å². The van der Waals surface area contributed by atoms with Crippen LogP contribution < -0.4 is 4.74 Å². The van der Waals surface area contributed by atoms with E-state index < -0.39 is 0 Å². The molecule has 0 bridgehead atoms. The highest BCUT2D eigenvalue weighted by molar-refractivity contribution is 5.97. The molecule has 8 heteroatoms. The van der Waals surface area contributed by atoms with Crippen LogP contribution in [0.1, 0.15) is 41.9 Å². The lowest BCUT2D eigenvalue weighted by molar-refractivity contribution is -0.132. The molecule has 3 heterocycles. The molecule has 0 aliphatic carbocycles. The van der Waals surface area contributed by atoms with Gasteiger partial charge in [-0.3, -0.25) is 14.5 Å². The summed E-state index contributed by atoms with van der Waals surface area (Å²) in [6, 6.07) is 11.4. The first-order valence-electron chi connectivity index (χ1n) is 12.4. The van der Waals surface area contributed by atoms with Crippen LogP contribution in [0.25, 0.3) is 5.65 Å². The summed E-state index contributed by atoms with van der Waals surface area (Å²) in [4.78, 5) is 36.5. The van der Waals surface area contributed by atoms with Crippen LogP contribution in [-0.4, -0.2) is 81.7 Å². The Bertz CT molecular complexity index is 1170. The molecule has 0 atom stereocenters. The first-order valence-corrected chi connectivity index (χ1v) is 12.4. The molecular formula is C27H35N5O3. The Morgan fingerprint density at radius 1 is 1.03 bits per heavy atom. The second-order valence-electron chi connectivity index (χ2n) is 8.93. The Kier molecular flexibility index (Phi) is 8.02. The van der Waals surface area contributed by atoms with Gasteiger partial charge in [-0.15, -0.1) is 0 Å². The number of hydrogen-bond acceptors (Lipinski definition) is 5. The largest absolute Gasteiger partial charge is 0.486 e. The topological polar surface area (TPSA) is 70.4 Å². The number of ether oxygens (including phenoxy) is 1. The number of aryl methyl sites for hydroxylation is 1. The molecule has 2 amide bonds. The minimum Gasteiger partial charge on any atom is -0.486 e. The van der Waals surface area contributed by atoms with E-state index in [9.17, 15) is 9.59 Å². The standard InChI is InChI=1S/C27H35N5O3/c1-4-30(5-2)25(33)19-29-13-9-15-31(17-16-29)27(34)23-11-6-7-12-24(23)35-20-22-18-32-14-8-10-21(3)26(32)28-22/h6-8,10-12,14,18H,4-5,9,13,15-17,19-20H2,1-3H3. The molecule has 0 radical (unpaired) electrons. The SMILES string of the molecule is CCN(CC)C(=O)CN1CCCN(C(=O)c2ccccc2OCc2cn3cccc(C)c3n2)CC1. The molecule has 0 saturated carbocycles. The maximum atomic E-state index is 13.4. The summed E-state index contributed by atoms with van der Waals surface area (Å²) >= 11 is 0. The lowest BCUT2D eigenvalue weighted by Crippen LogP contribution is -2.42. The number of fused-ring (bicyclic) bond motifs is 1. The average Bonchev–Trinajstić information content (AvgIpc) is 3.16. The van der Waals surface area contributed by atoms with Crippen molar-refractivity contribution in [3.8, 4) is 5.75 Å². The Morgan fingerprint density at radius 2 is 1.83 bits per heavy atom. The molecule has 35 heavy (non-hydrogen) atoms. The van der Waals surface area contributed by atoms with Crippen molar-refractivity contribution < 1.29 is 14.3 Å². The zero-order valence-electron chi connectivity index (χ0n) is 20.9. The number of hydrogen-bond donors (Lipinski definition) is 0. The van der Waals surface area contributed by atoms with E-state index >= 15 is 0 Å². The summed E-state index contributed by atoms with van der Waals surface area (Å²) in [5.41, 5.74) is 3.37. The minimum atomic E-state index is -0.0386. The highest BCUT2D eigenvalue weighted by Gasteiger charge is 2.24. The first kappa shape index (κ1) is 24.7. The van der Waals surface area contributed by atoms with E-state index in [1.807, 2.05) is 83.8 Å². The van der Waals surface area contributed by atoms with E-state index in [0.29, 0.717) is 37.5 Å². The normalized spacial score (nSPS) is 14.7. The number of imidazole rings is 1. The highest BCUT2D eigenvalue weighted by atomic mass is 16.5. The van der Waals surface area contributed by atoms with E-state index in [1.54, 1.807) is 0 Å². The smallest absolute Gasteiger partial charge is 0.257 e. The lowest BCUT2D eigenvalue weighted by Gasteiger charge is -2.25. The maximum absolute atomic E-state index is 13.4. The predicted molar refractivity (Wildman–Crippen MR) is 136 cm³/mol. The molecule has 2 aromatic heterocycles. The molecule has 1 saturated heterocycles. The zero-order chi connectivity index (χ0) is 24.8. The Hall–Kier alpha value is -3.39. The van der Waals surface area contributed by atoms with Crippen LogP contribution in [0.4, 0.5) is 0 Å². The van der Waals surface area contributed by atoms with Crippen LogP contribution in [0.5, 0.6) is 5.75 Å². The van der Waals surface area contributed by atoms with E-state index in [-0.39, 0.29) is 18.4 Å². The van der Waals surface area contributed by atoms with E-state index in [4.69, 9.17) is 4.74 Å². The molecule has 186 valence electrons. The first-order chi connectivity index (χ1) is 17.0. The number of likely N-dealkylation sites (N-methyl/N-ethyl adjacent to an activating group) is 1. The van der Waals surface area contributed by atoms with Gasteiger partial charge in [-0.05, 0) is 51.0 Å². The molecule has 1 aliphatic heterocycles. The van der Waals surface area contributed by atoms with Gasteiger partial charge in [0.25, 0.3) is 5.91 Å². The number of nitrogens with zero attached hydrogens (tertiary/aromatic N) is 5. The fraction of sp³-hybridized carbons (Fsp3) is 0.444. The number of aromatic nitrogens is 2. The van der Waals surface area contributed by atoms with Crippen molar-refractivity contribution in [1.29, 1.82) is 0 Å². The summed E-state index contributed by atoms with van der Waals surface area (Å²) in [5.74, 6) is 0.670. The van der Waals surface area contributed by atoms with Crippen molar-refractivity contribution in [1.82, 2.24) is 24.1 Å². The Labute approximate surface area is 207 Å². The van der Waals surface area contributed by atoms with Crippen molar-refractivity contribution in [2.45, 2.75) is 33.8 Å². The number of para-hydroxylation sites is 1. The second-order valence-corrected chi connectivity index (χ2v) is 8.93. The van der Waals surface area contributed by atoms with Crippen molar-refractivity contribution in [3.63, 3.8) is 0 Å². The molecule has 0 unspecified atom stereocenters. The van der Waals surface area contributed by atoms with Crippen molar-refractivity contribution in [3.05, 3.63) is 65.6 Å². The molecular weight excluding hydrogens is 442 g/mol. The van der Waals surface area contributed by atoms with Gasteiger partial charge >= 0.3 is 0 Å². The monoisotopic (exact) mass is 477 g/mol. The van der Waals surface area contributed by atoms with Crippen LogP contribution in [0.15, 0.2) is 48.8 Å². The third-order valence-corrected chi connectivity index (χ3v) is 6.57. The molecule has 3 aromatic rings. The van der Waals surface area contributed by atoms with Gasteiger partial charge in [0, 0.05) is 51.7 Å². The molecule has 1 aromatic carbocycles. The fourth-order valence-electron chi connectivity index (χ4n) is 4.56. The number of rotatable bonds is 8. The number of benzene rings is 1. The molecule has 8 nitrogen and oxygen atoms in total. The Balaban J connectivity index is 1.40. The highest BCUT2D eigenvalue weighted by Crippen LogP contribution is 2.22. The van der Waals surface area contributed by atoms with Gasteiger partial charge in [0.05, 0.1) is 17.8 Å². The quantitative estimate of drug-likeness (QED) is 0.498. The van der Waals surface area contributed by atoms with Crippen LogP contribution in [0, 0.1) is 6.92 Å². The van der Waals surface area contributed by atoms with Gasteiger partial charge in [-0.1, -0.05) is 18.2 Å². The molecule has 0 spiro atoms. The van der Waals surface area contributed by atoms with Gasteiger partial charge < -0.3 is 18.9 Å². The summed E-state index contributed by atoms with van der Waals surface area (Å²) < 4.78 is 8.06. The van der Waals surface area contributed by atoms with Crippen molar-refractivity contribution in [2.24, 2.45) is 0 Å². The van der Waals surface area contributed by atoms with Gasteiger partial charge in [0.1, 0.15) is 18.0 Å². The van der Waals surface area contributed by atoms with Crippen LogP contribution in [-0.2, 0) is 11.4 Å². The van der Waals surface area contributed by atoms with E-state index in [0.717, 1.165) is 43.0 Å². The molecule has 0 N–H and O–H groups in total. The minimum absolute atomic E-state index is 0.0386. The summed E-state index contributed by atoms with van der Waals surface area (Å²) in [5, 5.41) is 0. The van der Waals surface area contributed by atoms with E-state index in [2.05, 4.69) is 9.88 Å².